The number of nitrogens with one attached hydrogen (secondary N) is 1. The first-order valence-corrected chi connectivity index (χ1v) is 7.10. The number of hydrogen-bond acceptors (Lipinski definition) is 2. The van der Waals surface area contributed by atoms with E-state index in [1.165, 1.54) is 30.6 Å². The lowest BCUT2D eigenvalue weighted by atomic mass is 10.1. The normalized spacial score (nSPS) is 23.8. The van der Waals surface area contributed by atoms with E-state index in [0.29, 0.717) is 6.04 Å². The van der Waals surface area contributed by atoms with Crippen molar-refractivity contribution in [2.75, 3.05) is 24.3 Å². The van der Waals surface area contributed by atoms with Crippen molar-refractivity contribution >= 4 is 27.3 Å². The molecule has 0 saturated heterocycles. The summed E-state index contributed by atoms with van der Waals surface area (Å²) in [7, 11) is 4.18. The van der Waals surface area contributed by atoms with Gasteiger partial charge in [-0.25, -0.2) is 0 Å². The number of rotatable bonds is 3. The third kappa shape index (κ3) is 2.95. The van der Waals surface area contributed by atoms with Gasteiger partial charge in [-0.3, -0.25) is 0 Å². The van der Waals surface area contributed by atoms with Crippen LogP contribution in [-0.2, 0) is 0 Å². The molecule has 0 bridgehead atoms. The highest BCUT2D eigenvalue weighted by Crippen LogP contribution is 2.33. The van der Waals surface area contributed by atoms with E-state index in [2.05, 4.69) is 65.4 Å². The van der Waals surface area contributed by atoms with Crippen LogP contribution < -0.4 is 10.2 Å². The van der Waals surface area contributed by atoms with Gasteiger partial charge in [0.25, 0.3) is 0 Å². The van der Waals surface area contributed by atoms with Crippen LogP contribution in [0.4, 0.5) is 11.4 Å². The highest BCUT2D eigenvalue weighted by Gasteiger charge is 2.23. The Bertz CT molecular complexity index is 390. The van der Waals surface area contributed by atoms with Crippen molar-refractivity contribution in [1.82, 2.24) is 0 Å². The third-order valence-electron chi connectivity index (χ3n) is 3.64. The molecular weight excluding hydrogens is 276 g/mol. The van der Waals surface area contributed by atoms with E-state index in [0.717, 1.165) is 10.4 Å². The summed E-state index contributed by atoms with van der Waals surface area (Å²) in [5, 5.41) is 3.71. The molecule has 1 aromatic rings. The Labute approximate surface area is 113 Å². The van der Waals surface area contributed by atoms with Crippen molar-refractivity contribution in [3.63, 3.8) is 0 Å². The molecule has 0 amide bonds. The molecular formula is C14H21BrN2. The molecule has 0 aliphatic heterocycles. The molecule has 3 heteroatoms. The molecule has 17 heavy (non-hydrogen) atoms. The molecule has 1 N–H and O–H groups in total. The van der Waals surface area contributed by atoms with Gasteiger partial charge in [0.2, 0.25) is 0 Å². The van der Waals surface area contributed by atoms with Crippen LogP contribution in [0.5, 0.6) is 0 Å². The van der Waals surface area contributed by atoms with Crippen LogP contribution in [0.3, 0.4) is 0 Å². The highest BCUT2D eigenvalue weighted by atomic mass is 79.9. The van der Waals surface area contributed by atoms with Crippen LogP contribution in [-0.4, -0.2) is 20.1 Å². The maximum absolute atomic E-state index is 3.71. The standard InChI is InChI=1S/C14H21BrN2/c1-10-5-4-6-12(10)16-13-9-11(15)7-8-14(13)17(2)3/h7-10,12,16H,4-6H2,1-3H3. The zero-order chi connectivity index (χ0) is 12.4. The predicted molar refractivity (Wildman–Crippen MR) is 78.9 cm³/mol. The summed E-state index contributed by atoms with van der Waals surface area (Å²) in [4.78, 5) is 2.16. The number of halogens is 1. The van der Waals surface area contributed by atoms with E-state index < -0.39 is 0 Å². The smallest absolute Gasteiger partial charge is 0.0597 e. The Morgan fingerprint density at radius 1 is 1.29 bits per heavy atom. The lowest BCUT2D eigenvalue weighted by molar-refractivity contribution is 0.556. The van der Waals surface area contributed by atoms with Crippen LogP contribution in [0.25, 0.3) is 0 Å². The summed E-state index contributed by atoms with van der Waals surface area (Å²) in [6, 6.07) is 7.06. The monoisotopic (exact) mass is 296 g/mol. The second-order valence-corrected chi connectivity index (χ2v) is 6.13. The molecule has 1 aliphatic rings. The minimum absolute atomic E-state index is 0.628. The molecule has 2 unspecified atom stereocenters. The third-order valence-corrected chi connectivity index (χ3v) is 4.14. The van der Waals surface area contributed by atoms with E-state index in [-0.39, 0.29) is 0 Å². The van der Waals surface area contributed by atoms with Gasteiger partial charge in [-0.2, -0.15) is 0 Å². The summed E-state index contributed by atoms with van der Waals surface area (Å²) >= 11 is 3.55. The van der Waals surface area contributed by atoms with Crippen molar-refractivity contribution in [3.05, 3.63) is 22.7 Å². The second-order valence-electron chi connectivity index (χ2n) is 5.21. The average Bonchev–Trinajstić information content (AvgIpc) is 2.64. The lowest BCUT2D eigenvalue weighted by Crippen LogP contribution is -2.23. The fourth-order valence-electron chi connectivity index (χ4n) is 2.57. The molecule has 0 radical (unpaired) electrons. The minimum Gasteiger partial charge on any atom is -0.380 e. The van der Waals surface area contributed by atoms with Crippen LogP contribution in [0, 0.1) is 5.92 Å². The maximum Gasteiger partial charge on any atom is 0.0597 e. The molecule has 2 rings (SSSR count). The van der Waals surface area contributed by atoms with E-state index in [9.17, 15) is 0 Å². The van der Waals surface area contributed by atoms with Gasteiger partial charge in [0, 0.05) is 24.6 Å². The summed E-state index contributed by atoms with van der Waals surface area (Å²) in [6.45, 7) is 2.35. The van der Waals surface area contributed by atoms with Crippen LogP contribution in [0.2, 0.25) is 0 Å². The Balaban J connectivity index is 2.21. The van der Waals surface area contributed by atoms with Crippen molar-refractivity contribution in [1.29, 1.82) is 0 Å². The van der Waals surface area contributed by atoms with Crippen LogP contribution >= 0.6 is 15.9 Å². The molecule has 94 valence electrons. The van der Waals surface area contributed by atoms with Gasteiger partial charge in [-0.05, 0) is 37.0 Å². The summed E-state index contributed by atoms with van der Waals surface area (Å²) in [5.74, 6) is 0.781. The van der Waals surface area contributed by atoms with E-state index in [4.69, 9.17) is 0 Å². The van der Waals surface area contributed by atoms with Gasteiger partial charge in [0.15, 0.2) is 0 Å². The number of anilines is 2. The predicted octanol–water partition coefficient (Wildman–Crippen LogP) is 4.12. The van der Waals surface area contributed by atoms with E-state index in [1.54, 1.807) is 0 Å². The van der Waals surface area contributed by atoms with Crippen LogP contribution in [0.1, 0.15) is 26.2 Å². The molecule has 1 aliphatic carbocycles. The summed E-state index contributed by atoms with van der Waals surface area (Å²) in [6.07, 6.45) is 3.99. The summed E-state index contributed by atoms with van der Waals surface area (Å²) < 4.78 is 1.14. The fraction of sp³-hybridized carbons (Fsp3) is 0.571. The molecule has 2 nitrogen and oxygen atoms in total. The van der Waals surface area contributed by atoms with Gasteiger partial charge in [0.05, 0.1) is 11.4 Å². The minimum atomic E-state index is 0.628. The molecule has 2 atom stereocenters. The Kier molecular flexibility index (Phi) is 3.97. The lowest BCUT2D eigenvalue weighted by Gasteiger charge is -2.24. The van der Waals surface area contributed by atoms with Gasteiger partial charge < -0.3 is 10.2 Å². The number of hydrogen-bond donors (Lipinski definition) is 1. The molecule has 0 aromatic heterocycles. The molecule has 0 heterocycles. The second kappa shape index (κ2) is 5.30. The number of benzene rings is 1. The first-order chi connectivity index (χ1) is 8.08. The molecule has 1 fully saturated rings. The fourth-order valence-corrected chi connectivity index (χ4v) is 2.93. The molecule has 1 aromatic carbocycles. The van der Waals surface area contributed by atoms with E-state index >= 15 is 0 Å². The Morgan fingerprint density at radius 3 is 2.65 bits per heavy atom. The van der Waals surface area contributed by atoms with Crippen molar-refractivity contribution in [2.24, 2.45) is 5.92 Å². The van der Waals surface area contributed by atoms with Crippen LogP contribution in [0.15, 0.2) is 22.7 Å². The summed E-state index contributed by atoms with van der Waals surface area (Å²) in [5.41, 5.74) is 2.50. The largest absolute Gasteiger partial charge is 0.380 e. The van der Waals surface area contributed by atoms with E-state index in [1.807, 2.05) is 0 Å². The maximum atomic E-state index is 3.71. The van der Waals surface area contributed by atoms with Gasteiger partial charge >= 0.3 is 0 Å². The first-order valence-electron chi connectivity index (χ1n) is 6.31. The zero-order valence-corrected chi connectivity index (χ0v) is 12.4. The zero-order valence-electron chi connectivity index (χ0n) is 10.8. The topological polar surface area (TPSA) is 15.3 Å². The van der Waals surface area contributed by atoms with Gasteiger partial charge in [0.1, 0.15) is 0 Å². The molecule has 0 spiro atoms. The first kappa shape index (κ1) is 12.7. The molecule has 1 saturated carbocycles. The van der Waals surface area contributed by atoms with Crippen molar-refractivity contribution in [2.45, 2.75) is 32.2 Å². The van der Waals surface area contributed by atoms with Gasteiger partial charge in [-0.1, -0.05) is 29.3 Å². The SMILES string of the molecule is CC1CCCC1Nc1cc(Br)ccc1N(C)C. The quantitative estimate of drug-likeness (QED) is 0.903. The van der Waals surface area contributed by atoms with Gasteiger partial charge in [-0.15, -0.1) is 0 Å². The highest BCUT2D eigenvalue weighted by molar-refractivity contribution is 9.10. The Hall–Kier alpha value is -0.700. The number of nitrogens with zero attached hydrogens (tertiary/aromatic N) is 1. The average molecular weight is 297 g/mol. The Morgan fingerprint density at radius 2 is 2.06 bits per heavy atom. The van der Waals surface area contributed by atoms with Crippen molar-refractivity contribution in [3.8, 4) is 0 Å². The van der Waals surface area contributed by atoms with Crippen molar-refractivity contribution < 1.29 is 0 Å².